The van der Waals surface area contributed by atoms with Gasteiger partial charge in [-0.25, -0.2) is 14.6 Å². The molecule has 4 rings (SSSR count). The maximum Gasteiger partial charge on any atom is 0.339 e. The predicted octanol–water partition coefficient (Wildman–Crippen LogP) is 4.10. The zero-order chi connectivity index (χ0) is 26.2. The van der Waals surface area contributed by atoms with Crippen molar-refractivity contribution in [1.29, 1.82) is 0 Å². The molecule has 3 amide bonds. The first-order valence-electron chi connectivity index (χ1n) is 11.4. The number of carbonyl (C=O) groups is 3. The first kappa shape index (κ1) is 25.2. The third-order valence-electron chi connectivity index (χ3n) is 5.50. The lowest BCUT2D eigenvalue weighted by atomic mass is 10.0. The molecule has 0 radical (unpaired) electrons. The van der Waals surface area contributed by atoms with Gasteiger partial charge in [0.05, 0.1) is 31.0 Å². The number of nitrogens with one attached hydrogen (secondary N) is 2. The van der Waals surface area contributed by atoms with E-state index in [0.717, 1.165) is 5.56 Å². The number of imide groups is 1. The number of methoxy groups -OCH3 is 2. The first-order chi connectivity index (χ1) is 18.0. The monoisotopic (exact) mass is 499 g/mol. The van der Waals surface area contributed by atoms with Gasteiger partial charge < -0.3 is 19.5 Å². The Hall–Kier alpha value is -4.92. The van der Waals surface area contributed by atoms with E-state index < -0.39 is 24.5 Å². The molecule has 9 heteroatoms. The fourth-order valence-corrected chi connectivity index (χ4v) is 3.68. The summed E-state index contributed by atoms with van der Waals surface area (Å²) in [6, 6.07) is 22.6. The molecule has 0 aliphatic carbocycles. The van der Waals surface area contributed by atoms with Gasteiger partial charge in [-0.15, -0.1) is 0 Å². The molecule has 4 aromatic rings. The Labute approximate surface area is 213 Å². The van der Waals surface area contributed by atoms with Gasteiger partial charge in [0, 0.05) is 17.5 Å². The van der Waals surface area contributed by atoms with Crippen molar-refractivity contribution < 1.29 is 28.6 Å². The van der Waals surface area contributed by atoms with Crippen molar-refractivity contribution in [3.05, 3.63) is 90.0 Å². The molecule has 0 saturated heterocycles. The summed E-state index contributed by atoms with van der Waals surface area (Å²) in [6.07, 6.45) is 0. The number of nitrogens with zero attached hydrogens (tertiary/aromatic N) is 1. The van der Waals surface area contributed by atoms with Crippen molar-refractivity contribution in [2.45, 2.75) is 6.54 Å². The van der Waals surface area contributed by atoms with E-state index >= 15 is 0 Å². The molecule has 0 saturated carbocycles. The van der Waals surface area contributed by atoms with E-state index in [-0.39, 0.29) is 12.1 Å². The number of fused-ring (bicyclic) bond motifs is 1. The lowest BCUT2D eigenvalue weighted by Gasteiger charge is -2.12. The predicted molar refractivity (Wildman–Crippen MR) is 137 cm³/mol. The number of ether oxygens (including phenoxy) is 3. The van der Waals surface area contributed by atoms with Crippen LogP contribution in [0.25, 0.3) is 22.2 Å². The molecule has 2 N–H and O–H groups in total. The normalized spacial score (nSPS) is 10.4. The topological polar surface area (TPSA) is 116 Å². The van der Waals surface area contributed by atoms with Gasteiger partial charge in [-0.2, -0.15) is 0 Å². The van der Waals surface area contributed by atoms with Gasteiger partial charge in [0.25, 0.3) is 5.91 Å². The molecular weight excluding hydrogens is 474 g/mol. The van der Waals surface area contributed by atoms with Crippen molar-refractivity contribution >= 4 is 28.8 Å². The summed E-state index contributed by atoms with van der Waals surface area (Å²) >= 11 is 0. The number of hydrogen-bond donors (Lipinski definition) is 2. The zero-order valence-corrected chi connectivity index (χ0v) is 20.3. The Morgan fingerprint density at radius 3 is 2.32 bits per heavy atom. The number of aromatic nitrogens is 1. The van der Waals surface area contributed by atoms with Crippen LogP contribution in [0.4, 0.5) is 4.79 Å². The number of amides is 3. The van der Waals surface area contributed by atoms with Gasteiger partial charge in [-0.3, -0.25) is 10.1 Å². The number of para-hydroxylation sites is 1. The minimum Gasteiger partial charge on any atom is -0.493 e. The Morgan fingerprint density at radius 1 is 0.838 bits per heavy atom. The van der Waals surface area contributed by atoms with E-state index in [1.165, 1.54) is 7.11 Å². The molecule has 37 heavy (non-hydrogen) atoms. The summed E-state index contributed by atoms with van der Waals surface area (Å²) in [5, 5.41) is 5.30. The highest BCUT2D eigenvalue weighted by Crippen LogP contribution is 2.33. The molecule has 0 bridgehead atoms. The Kier molecular flexibility index (Phi) is 7.95. The van der Waals surface area contributed by atoms with Crippen LogP contribution in [0.1, 0.15) is 15.9 Å². The van der Waals surface area contributed by atoms with Crippen LogP contribution in [0.5, 0.6) is 11.5 Å². The summed E-state index contributed by atoms with van der Waals surface area (Å²) in [7, 11) is 3.08. The summed E-state index contributed by atoms with van der Waals surface area (Å²) in [5.74, 6) is -0.399. The van der Waals surface area contributed by atoms with Gasteiger partial charge >= 0.3 is 12.0 Å². The average Bonchev–Trinajstić information content (AvgIpc) is 2.94. The van der Waals surface area contributed by atoms with Crippen molar-refractivity contribution in [2.24, 2.45) is 0 Å². The van der Waals surface area contributed by atoms with Crippen LogP contribution in [-0.4, -0.2) is 43.7 Å². The van der Waals surface area contributed by atoms with Crippen LogP contribution in [0, 0.1) is 0 Å². The lowest BCUT2D eigenvalue weighted by molar-refractivity contribution is -0.123. The molecule has 0 spiro atoms. The van der Waals surface area contributed by atoms with Gasteiger partial charge in [0.2, 0.25) is 0 Å². The van der Waals surface area contributed by atoms with Crippen molar-refractivity contribution in [3.63, 3.8) is 0 Å². The van der Waals surface area contributed by atoms with E-state index in [1.54, 1.807) is 49.6 Å². The van der Waals surface area contributed by atoms with E-state index in [2.05, 4.69) is 15.6 Å². The van der Waals surface area contributed by atoms with E-state index in [1.807, 2.05) is 36.4 Å². The lowest BCUT2D eigenvalue weighted by Crippen LogP contribution is -2.41. The molecular formula is C28H25N3O6. The third kappa shape index (κ3) is 6.21. The second-order valence-corrected chi connectivity index (χ2v) is 7.93. The van der Waals surface area contributed by atoms with Crippen LogP contribution >= 0.6 is 0 Å². The van der Waals surface area contributed by atoms with Gasteiger partial charge in [-0.1, -0.05) is 48.5 Å². The van der Waals surface area contributed by atoms with Crippen LogP contribution < -0.4 is 20.1 Å². The number of pyridine rings is 1. The number of rotatable bonds is 8. The molecule has 3 aromatic carbocycles. The Morgan fingerprint density at radius 2 is 1.57 bits per heavy atom. The average molecular weight is 500 g/mol. The number of urea groups is 1. The highest BCUT2D eigenvalue weighted by atomic mass is 16.5. The fraction of sp³-hybridized carbons (Fsp3) is 0.143. The smallest absolute Gasteiger partial charge is 0.339 e. The maximum absolute atomic E-state index is 13.0. The largest absolute Gasteiger partial charge is 0.493 e. The molecule has 1 aromatic heterocycles. The first-order valence-corrected chi connectivity index (χ1v) is 11.4. The van der Waals surface area contributed by atoms with Crippen LogP contribution in [0.15, 0.2) is 78.9 Å². The fourth-order valence-electron chi connectivity index (χ4n) is 3.68. The quantitative estimate of drug-likeness (QED) is 0.351. The van der Waals surface area contributed by atoms with Crippen molar-refractivity contribution in [1.82, 2.24) is 15.6 Å². The summed E-state index contributed by atoms with van der Waals surface area (Å²) < 4.78 is 15.9. The van der Waals surface area contributed by atoms with E-state index in [0.29, 0.717) is 33.7 Å². The van der Waals surface area contributed by atoms with Crippen molar-refractivity contribution in [2.75, 3.05) is 20.8 Å². The minimum atomic E-state index is -0.752. The highest BCUT2D eigenvalue weighted by Gasteiger charge is 2.18. The third-order valence-corrected chi connectivity index (χ3v) is 5.50. The maximum atomic E-state index is 13.0. The highest BCUT2D eigenvalue weighted by molar-refractivity contribution is 6.05. The van der Waals surface area contributed by atoms with Gasteiger partial charge in [0.15, 0.2) is 18.1 Å². The molecule has 188 valence electrons. The molecule has 0 unspecified atom stereocenters. The second-order valence-electron chi connectivity index (χ2n) is 7.93. The van der Waals surface area contributed by atoms with Crippen LogP contribution in [0.2, 0.25) is 0 Å². The Balaban J connectivity index is 1.47. The number of hydrogen-bond acceptors (Lipinski definition) is 7. The molecule has 0 atom stereocenters. The molecule has 0 aliphatic heterocycles. The van der Waals surface area contributed by atoms with Crippen molar-refractivity contribution in [3.8, 4) is 22.8 Å². The second kappa shape index (κ2) is 11.7. The Bertz CT molecular complexity index is 1440. The van der Waals surface area contributed by atoms with Crippen LogP contribution in [0.3, 0.4) is 0 Å². The van der Waals surface area contributed by atoms with Gasteiger partial charge in [-0.05, 0) is 35.9 Å². The zero-order valence-electron chi connectivity index (χ0n) is 20.3. The van der Waals surface area contributed by atoms with Crippen LogP contribution in [-0.2, 0) is 16.1 Å². The number of benzene rings is 3. The SMILES string of the molecule is COc1ccc(-c2cc(C(=O)OCC(=O)NC(=O)NCc3ccccc3)c3ccccc3n2)cc1OC. The van der Waals surface area contributed by atoms with Gasteiger partial charge in [0.1, 0.15) is 0 Å². The molecule has 0 fully saturated rings. The summed E-state index contributed by atoms with van der Waals surface area (Å²) in [6.45, 7) is -0.373. The summed E-state index contributed by atoms with van der Waals surface area (Å²) in [4.78, 5) is 41.9. The van der Waals surface area contributed by atoms with E-state index in [4.69, 9.17) is 14.2 Å². The minimum absolute atomic E-state index is 0.233. The number of esters is 1. The summed E-state index contributed by atoms with van der Waals surface area (Å²) in [5.41, 5.74) is 2.90. The van der Waals surface area contributed by atoms with E-state index in [9.17, 15) is 14.4 Å². The number of carbonyl (C=O) groups excluding carboxylic acids is 3. The standard InChI is InChI=1S/C28H25N3O6/c1-35-24-13-12-19(14-25(24)36-2)23-15-21(20-10-6-7-11-22(20)30-23)27(33)37-17-26(32)31-28(34)29-16-18-8-4-3-5-9-18/h3-15H,16-17H2,1-2H3,(H2,29,31,32,34). The molecule has 0 aliphatic rings. The molecule has 1 heterocycles. The molecule has 9 nitrogen and oxygen atoms in total.